The number of hydrogen-bond acceptors (Lipinski definition) is 4. The summed E-state index contributed by atoms with van der Waals surface area (Å²) in [4.78, 5) is 15.9. The van der Waals surface area contributed by atoms with E-state index < -0.39 is 0 Å². The zero-order valence-corrected chi connectivity index (χ0v) is 11.9. The number of nitrogens with zero attached hydrogens (tertiary/aromatic N) is 3. The van der Waals surface area contributed by atoms with Gasteiger partial charge in [-0.2, -0.15) is 5.10 Å². The van der Waals surface area contributed by atoms with Gasteiger partial charge in [-0.05, 0) is 38.1 Å². The van der Waals surface area contributed by atoms with Gasteiger partial charge in [0, 0.05) is 6.54 Å². The summed E-state index contributed by atoms with van der Waals surface area (Å²) in [7, 11) is 0. The second-order valence-corrected chi connectivity index (χ2v) is 4.47. The molecule has 0 bridgehead atoms. The van der Waals surface area contributed by atoms with E-state index in [0.717, 1.165) is 0 Å². The van der Waals surface area contributed by atoms with Gasteiger partial charge in [0.15, 0.2) is 6.61 Å². The number of carbonyl (C=O) groups excluding carboxylic acids is 1. The van der Waals surface area contributed by atoms with Crippen LogP contribution < -0.4 is 10.1 Å². The number of amides is 1. The molecule has 6 nitrogen and oxygen atoms in total. The number of hydrogen-bond donors (Lipinski definition) is 1. The highest BCUT2D eigenvalue weighted by Gasteiger charge is 2.15. The van der Waals surface area contributed by atoms with E-state index in [0.29, 0.717) is 18.1 Å². The normalized spacial score (nSPS) is 12.0. The van der Waals surface area contributed by atoms with Gasteiger partial charge in [-0.25, -0.2) is 14.1 Å². The Hall–Kier alpha value is -2.44. The predicted molar refractivity (Wildman–Crippen MR) is 74.1 cm³/mol. The highest BCUT2D eigenvalue weighted by molar-refractivity contribution is 5.77. The van der Waals surface area contributed by atoms with Crippen molar-refractivity contribution in [1.82, 2.24) is 20.1 Å². The highest BCUT2D eigenvalue weighted by atomic mass is 19.1. The van der Waals surface area contributed by atoms with E-state index in [2.05, 4.69) is 15.4 Å². The lowest BCUT2D eigenvalue weighted by Crippen LogP contribution is -2.32. The van der Waals surface area contributed by atoms with E-state index in [-0.39, 0.29) is 24.4 Å². The standard InChI is InChI=1S/C14H17FN4O2/c1-3-19-14(16-9-17-19)10(2)18-13(20)8-21-12-6-4-11(15)5-7-12/h4-7,9-10H,3,8H2,1-2H3,(H,18,20). The van der Waals surface area contributed by atoms with Crippen LogP contribution in [0, 0.1) is 5.82 Å². The van der Waals surface area contributed by atoms with Crippen molar-refractivity contribution in [2.24, 2.45) is 0 Å². The Bertz CT molecular complexity index is 597. The topological polar surface area (TPSA) is 69.0 Å². The summed E-state index contributed by atoms with van der Waals surface area (Å²) in [6.07, 6.45) is 1.45. The van der Waals surface area contributed by atoms with Crippen molar-refractivity contribution in [3.05, 3.63) is 42.2 Å². The van der Waals surface area contributed by atoms with Crippen molar-refractivity contribution in [3.8, 4) is 5.75 Å². The van der Waals surface area contributed by atoms with E-state index >= 15 is 0 Å². The summed E-state index contributed by atoms with van der Waals surface area (Å²) in [5, 5.41) is 6.83. The Morgan fingerprint density at radius 1 is 1.43 bits per heavy atom. The molecular formula is C14H17FN4O2. The molecule has 2 aromatic rings. The molecule has 0 spiro atoms. The molecule has 1 heterocycles. The van der Waals surface area contributed by atoms with Crippen LogP contribution in [-0.4, -0.2) is 27.3 Å². The number of ether oxygens (including phenoxy) is 1. The van der Waals surface area contributed by atoms with Gasteiger partial charge in [0.05, 0.1) is 6.04 Å². The molecule has 0 aliphatic heterocycles. The first-order chi connectivity index (χ1) is 10.1. The Balaban J connectivity index is 1.85. The second-order valence-electron chi connectivity index (χ2n) is 4.47. The van der Waals surface area contributed by atoms with Crippen molar-refractivity contribution in [1.29, 1.82) is 0 Å². The maximum Gasteiger partial charge on any atom is 0.258 e. The fourth-order valence-corrected chi connectivity index (χ4v) is 1.88. The predicted octanol–water partition coefficient (Wildman–Crippen LogP) is 1.69. The molecule has 0 radical (unpaired) electrons. The lowest BCUT2D eigenvalue weighted by molar-refractivity contribution is -0.123. The van der Waals surface area contributed by atoms with Gasteiger partial charge in [0.2, 0.25) is 0 Å². The van der Waals surface area contributed by atoms with Gasteiger partial charge < -0.3 is 10.1 Å². The van der Waals surface area contributed by atoms with E-state index in [1.165, 1.54) is 30.6 Å². The molecule has 1 atom stereocenters. The number of rotatable bonds is 6. The van der Waals surface area contributed by atoms with Crippen molar-refractivity contribution in [2.45, 2.75) is 26.4 Å². The Morgan fingerprint density at radius 2 is 2.14 bits per heavy atom. The van der Waals surface area contributed by atoms with Gasteiger partial charge >= 0.3 is 0 Å². The van der Waals surface area contributed by atoms with Gasteiger partial charge in [-0.1, -0.05) is 0 Å². The molecule has 21 heavy (non-hydrogen) atoms. The summed E-state index contributed by atoms with van der Waals surface area (Å²) in [5.41, 5.74) is 0. The van der Waals surface area contributed by atoms with Gasteiger partial charge in [0.25, 0.3) is 5.91 Å². The third-order valence-corrected chi connectivity index (χ3v) is 2.89. The quantitative estimate of drug-likeness (QED) is 0.879. The Labute approximate surface area is 121 Å². The molecule has 7 heteroatoms. The van der Waals surface area contributed by atoms with E-state index in [4.69, 9.17) is 4.74 Å². The number of benzene rings is 1. The fourth-order valence-electron chi connectivity index (χ4n) is 1.88. The van der Waals surface area contributed by atoms with Crippen LogP contribution >= 0.6 is 0 Å². The first-order valence-corrected chi connectivity index (χ1v) is 6.65. The van der Waals surface area contributed by atoms with Gasteiger partial charge in [-0.15, -0.1) is 0 Å². The molecule has 1 aromatic heterocycles. The first-order valence-electron chi connectivity index (χ1n) is 6.65. The first kappa shape index (κ1) is 15.0. The summed E-state index contributed by atoms with van der Waals surface area (Å²) in [6.45, 7) is 4.31. The number of aromatic nitrogens is 3. The third-order valence-electron chi connectivity index (χ3n) is 2.89. The smallest absolute Gasteiger partial charge is 0.258 e. The number of nitrogens with one attached hydrogen (secondary N) is 1. The molecule has 1 amide bonds. The van der Waals surface area contributed by atoms with Crippen LogP contribution in [0.25, 0.3) is 0 Å². The van der Waals surface area contributed by atoms with Crippen LogP contribution in [0.5, 0.6) is 5.75 Å². The number of carbonyl (C=O) groups is 1. The Morgan fingerprint density at radius 3 is 2.81 bits per heavy atom. The van der Waals surface area contributed by atoms with Crippen LogP contribution in [0.3, 0.4) is 0 Å². The summed E-state index contributed by atoms with van der Waals surface area (Å²) in [6, 6.07) is 5.23. The maximum atomic E-state index is 12.7. The van der Waals surface area contributed by atoms with Crippen molar-refractivity contribution in [2.75, 3.05) is 6.61 Å². The average Bonchev–Trinajstić information content (AvgIpc) is 2.95. The summed E-state index contributed by atoms with van der Waals surface area (Å²) >= 11 is 0. The lowest BCUT2D eigenvalue weighted by Gasteiger charge is -2.14. The van der Waals surface area contributed by atoms with Gasteiger partial charge in [0.1, 0.15) is 23.7 Å². The minimum atomic E-state index is -0.348. The molecular weight excluding hydrogens is 275 g/mol. The van der Waals surface area contributed by atoms with Crippen LogP contribution in [0.4, 0.5) is 4.39 Å². The zero-order chi connectivity index (χ0) is 15.2. The largest absolute Gasteiger partial charge is 0.484 e. The Kier molecular flexibility index (Phi) is 4.86. The van der Waals surface area contributed by atoms with Crippen LogP contribution in [0.15, 0.2) is 30.6 Å². The molecule has 112 valence electrons. The maximum absolute atomic E-state index is 12.7. The van der Waals surface area contributed by atoms with E-state index in [9.17, 15) is 9.18 Å². The molecule has 0 fully saturated rings. The molecule has 0 aliphatic carbocycles. The average molecular weight is 292 g/mol. The summed E-state index contributed by atoms with van der Waals surface area (Å²) < 4.78 is 19.7. The minimum Gasteiger partial charge on any atom is -0.484 e. The SMILES string of the molecule is CCn1ncnc1C(C)NC(=O)COc1ccc(F)cc1. The lowest BCUT2D eigenvalue weighted by atomic mass is 10.3. The molecule has 1 N–H and O–H groups in total. The molecule has 0 saturated carbocycles. The molecule has 1 unspecified atom stereocenters. The number of halogens is 1. The monoisotopic (exact) mass is 292 g/mol. The van der Waals surface area contributed by atoms with Crippen LogP contribution in [0.2, 0.25) is 0 Å². The number of aryl methyl sites for hydroxylation is 1. The fraction of sp³-hybridized carbons (Fsp3) is 0.357. The minimum absolute atomic E-state index is 0.143. The van der Waals surface area contributed by atoms with Crippen LogP contribution in [-0.2, 0) is 11.3 Å². The molecule has 2 rings (SSSR count). The summed E-state index contributed by atoms with van der Waals surface area (Å²) in [5.74, 6) is 0.500. The van der Waals surface area contributed by atoms with E-state index in [1.54, 1.807) is 4.68 Å². The zero-order valence-electron chi connectivity index (χ0n) is 11.9. The van der Waals surface area contributed by atoms with Crippen molar-refractivity contribution < 1.29 is 13.9 Å². The molecule has 0 saturated heterocycles. The second kappa shape index (κ2) is 6.83. The van der Waals surface area contributed by atoms with Crippen molar-refractivity contribution >= 4 is 5.91 Å². The molecule has 0 aliphatic rings. The van der Waals surface area contributed by atoms with Crippen molar-refractivity contribution in [3.63, 3.8) is 0 Å². The molecule has 1 aromatic carbocycles. The van der Waals surface area contributed by atoms with Gasteiger partial charge in [-0.3, -0.25) is 4.79 Å². The highest BCUT2D eigenvalue weighted by Crippen LogP contribution is 2.11. The van der Waals surface area contributed by atoms with Crippen LogP contribution in [0.1, 0.15) is 25.7 Å². The third kappa shape index (κ3) is 4.01. The van der Waals surface area contributed by atoms with E-state index in [1.807, 2.05) is 13.8 Å².